The lowest BCUT2D eigenvalue weighted by molar-refractivity contribution is -0.161. The van der Waals surface area contributed by atoms with Crippen molar-refractivity contribution in [3.63, 3.8) is 0 Å². The fraction of sp³-hybridized carbons (Fsp3) is 0.747. The van der Waals surface area contributed by atoms with Crippen LogP contribution < -0.4 is 0 Å². The van der Waals surface area contributed by atoms with Gasteiger partial charge < -0.3 is 34.2 Å². The molecule has 0 fully saturated rings. The first-order chi connectivity index (χ1) is 57.2. The highest BCUT2D eigenvalue weighted by molar-refractivity contribution is 7.47. The molecule has 5 atom stereocenters. The molecule has 0 aromatic carbocycles. The SMILES string of the molecule is CC/C=C\C/C=C\C/C=C\CCCCCCCCCC(=O)OC(COC(=O)CCCCCCCCCCCCCCC/C=C\C/C=C\C/C=C\C/C=C\CCCCC)COP(=O)(O)OCC(O)COP(=O)(O)OCC(O)COC(=O)CCCCCCCCCCCCCCCCCCCCC/C=C\C/C=C\C/C=C\C/C=C\CCCCC. The number of carbonyl (C=O) groups excluding carboxylic acids is 3. The summed E-state index contributed by atoms with van der Waals surface area (Å²) in [5.41, 5.74) is 0. The highest BCUT2D eigenvalue weighted by Crippen LogP contribution is 2.45. The van der Waals surface area contributed by atoms with Gasteiger partial charge in [-0.25, -0.2) is 9.13 Å². The van der Waals surface area contributed by atoms with Gasteiger partial charge in [0.05, 0.1) is 26.4 Å². The molecular formula is C99H174O16P2. The molecule has 0 saturated carbocycles. The summed E-state index contributed by atoms with van der Waals surface area (Å²) in [6, 6.07) is 0. The Balaban J connectivity index is 4.45. The van der Waals surface area contributed by atoms with Gasteiger partial charge in [0.25, 0.3) is 0 Å². The van der Waals surface area contributed by atoms with Crippen molar-refractivity contribution >= 4 is 33.6 Å². The van der Waals surface area contributed by atoms with Crippen molar-refractivity contribution in [2.45, 2.75) is 437 Å². The van der Waals surface area contributed by atoms with Crippen LogP contribution in [0.4, 0.5) is 0 Å². The Labute approximate surface area is 715 Å². The average Bonchev–Trinajstić information content (AvgIpc) is 0.907. The van der Waals surface area contributed by atoms with Crippen molar-refractivity contribution in [1.29, 1.82) is 0 Å². The van der Waals surface area contributed by atoms with E-state index in [-0.39, 0.29) is 19.3 Å². The minimum absolute atomic E-state index is 0.0923. The highest BCUT2D eigenvalue weighted by atomic mass is 31.2. The van der Waals surface area contributed by atoms with E-state index in [1.165, 1.54) is 205 Å². The topological polar surface area (TPSA) is 231 Å². The molecule has 676 valence electrons. The van der Waals surface area contributed by atoms with Crippen LogP contribution in [0.2, 0.25) is 0 Å². The molecule has 0 bridgehead atoms. The predicted molar refractivity (Wildman–Crippen MR) is 491 cm³/mol. The van der Waals surface area contributed by atoms with Gasteiger partial charge in [-0.15, -0.1) is 0 Å². The Morgan fingerprint density at radius 3 is 0.718 bits per heavy atom. The largest absolute Gasteiger partial charge is 0.472 e. The first-order valence-electron chi connectivity index (χ1n) is 47.5. The summed E-state index contributed by atoms with van der Waals surface area (Å²) in [6.07, 6.45) is 114. The number of aliphatic hydroxyl groups is 2. The number of rotatable bonds is 90. The molecule has 0 aliphatic heterocycles. The first kappa shape index (κ1) is 113. The third-order valence-corrected chi connectivity index (χ3v) is 22.2. The van der Waals surface area contributed by atoms with Gasteiger partial charge in [-0.1, -0.05) is 392 Å². The second-order valence-corrected chi connectivity index (χ2v) is 34.7. The molecule has 16 nitrogen and oxygen atoms in total. The average molecular weight is 1680 g/mol. The van der Waals surface area contributed by atoms with Gasteiger partial charge in [-0.05, 0) is 141 Å². The van der Waals surface area contributed by atoms with Crippen molar-refractivity contribution < 1.29 is 75.8 Å². The van der Waals surface area contributed by atoms with Crippen molar-refractivity contribution in [2.24, 2.45) is 0 Å². The second kappa shape index (κ2) is 90.9. The monoisotopic (exact) mass is 1680 g/mol. The number of aliphatic hydroxyl groups excluding tert-OH is 2. The smallest absolute Gasteiger partial charge is 0.463 e. The van der Waals surface area contributed by atoms with Crippen LogP contribution in [0.15, 0.2) is 134 Å². The summed E-state index contributed by atoms with van der Waals surface area (Å²) in [4.78, 5) is 59.0. The molecule has 5 unspecified atom stereocenters. The fourth-order valence-electron chi connectivity index (χ4n) is 13.1. The zero-order valence-corrected chi connectivity index (χ0v) is 76.4. The van der Waals surface area contributed by atoms with Crippen LogP contribution in [-0.2, 0) is 55.8 Å². The Morgan fingerprint density at radius 2 is 0.453 bits per heavy atom. The van der Waals surface area contributed by atoms with Gasteiger partial charge in [0, 0.05) is 19.3 Å². The normalized spacial score (nSPS) is 14.4. The summed E-state index contributed by atoms with van der Waals surface area (Å²) in [7, 11) is -9.81. The molecule has 117 heavy (non-hydrogen) atoms. The highest BCUT2D eigenvalue weighted by Gasteiger charge is 2.30. The van der Waals surface area contributed by atoms with Crippen LogP contribution in [0.25, 0.3) is 0 Å². The van der Waals surface area contributed by atoms with E-state index < -0.39 is 91.5 Å². The lowest BCUT2D eigenvalue weighted by Crippen LogP contribution is -2.30. The van der Waals surface area contributed by atoms with Gasteiger partial charge in [0.2, 0.25) is 0 Å². The van der Waals surface area contributed by atoms with Gasteiger partial charge >= 0.3 is 33.6 Å². The van der Waals surface area contributed by atoms with E-state index in [9.17, 15) is 43.5 Å². The minimum atomic E-state index is -4.94. The van der Waals surface area contributed by atoms with Crippen molar-refractivity contribution in [3.05, 3.63) is 134 Å². The summed E-state index contributed by atoms with van der Waals surface area (Å²) < 4.78 is 61.5. The number of carbonyl (C=O) groups is 3. The van der Waals surface area contributed by atoms with E-state index in [4.69, 9.17) is 32.3 Å². The van der Waals surface area contributed by atoms with Gasteiger partial charge in [-0.3, -0.25) is 32.5 Å². The van der Waals surface area contributed by atoms with E-state index in [2.05, 4.69) is 154 Å². The number of hydrogen-bond donors (Lipinski definition) is 4. The number of phosphoric ester groups is 2. The number of phosphoric acid groups is 2. The van der Waals surface area contributed by atoms with E-state index in [0.717, 1.165) is 154 Å². The quantitative estimate of drug-likeness (QED) is 0.0146. The standard InChI is InChI=1S/C99H174O16P2/c1-4-7-10-13-16-19-22-25-28-31-33-35-37-39-41-43-44-45-46-47-48-50-52-53-55-57-59-62-64-67-70-73-76-79-82-85-97(102)109-88-94(100)89-111-116(105,106)112-90-95(101)91-113-117(107,108)114-93-96(115-99(104)87-84-81-78-75-72-69-66-61-30-27-24-21-18-15-12-9-6-3)92-110-98(103)86-83-80-77-74-71-68-65-63-60-58-56-54-51-49-42-40-38-36-34-32-29-26-23-20-17-14-11-8-5-2/h9,12,16-21,25-30,33-36,39-42,94-96,100-101H,4-8,10-11,13-15,22-24,31-32,37-38,43-93H2,1-3H3,(H,105,106)(H,107,108)/b12-9-,19-16-,20-17-,21-18-,28-25-,29-26-,30-27-,35-33-,36-34-,41-39-,42-40-. The lowest BCUT2D eigenvalue weighted by atomic mass is 10.0. The zero-order chi connectivity index (χ0) is 85.1. The Hall–Kier alpha value is -4.31. The number of unbranched alkanes of at least 4 members (excludes halogenated alkanes) is 45. The molecule has 0 aromatic rings. The van der Waals surface area contributed by atoms with Crippen LogP contribution in [0, 0.1) is 0 Å². The summed E-state index contributed by atoms with van der Waals surface area (Å²) >= 11 is 0. The Bertz CT molecular complexity index is 2660. The minimum Gasteiger partial charge on any atom is -0.463 e. The summed E-state index contributed by atoms with van der Waals surface area (Å²) in [5.74, 6) is -1.57. The van der Waals surface area contributed by atoms with E-state index in [1.807, 2.05) is 0 Å². The molecule has 0 radical (unpaired) electrons. The van der Waals surface area contributed by atoms with Crippen molar-refractivity contribution in [1.82, 2.24) is 0 Å². The number of allylic oxidation sites excluding steroid dienone is 22. The van der Waals surface area contributed by atoms with E-state index >= 15 is 0 Å². The first-order valence-corrected chi connectivity index (χ1v) is 50.5. The molecule has 0 amide bonds. The Morgan fingerprint density at radius 1 is 0.248 bits per heavy atom. The maximum absolute atomic E-state index is 13.0. The second-order valence-electron chi connectivity index (χ2n) is 31.8. The molecule has 0 rings (SSSR count). The maximum Gasteiger partial charge on any atom is 0.472 e. The van der Waals surface area contributed by atoms with Gasteiger partial charge in [0.1, 0.15) is 25.4 Å². The van der Waals surface area contributed by atoms with Crippen LogP contribution in [-0.4, -0.2) is 95.9 Å². The zero-order valence-electron chi connectivity index (χ0n) is 74.6. The van der Waals surface area contributed by atoms with Crippen LogP contribution in [0.3, 0.4) is 0 Å². The maximum atomic E-state index is 13.0. The molecule has 0 saturated heterocycles. The van der Waals surface area contributed by atoms with E-state index in [0.29, 0.717) is 19.3 Å². The van der Waals surface area contributed by atoms with Crippen LogP contribution >= 0.6 is 15.6 Å². The van der Waals surface area contributed by atoms with Crippen molar-refractivity contribution in [2.75, 3.05) is 39.6 Å². The molecule has 0 heterocycles. The molecule has 0 aromatic heterocycles. The molecule has 4 N–H and O–H groups in total. The third-order valence-electron chi connectivity index (χ3n) is 20.3. The van der Waals surface area contributed by atoms with Gasteiger partial charge in [0.15, 0.2) is 6.10 Å². The molecule has 0 aliphatic carbocycles. The number of esters is 3. The van der Waals surface area contributed by atoms with Crippen molar-refractivity contribution in [3.8, 4) is 0 Å². The predicted octanol–water partition coefficient (Wildman–Crippen LogP) is 29.3. The number of hydrogen-bond acceptors (Lipinski definition) is 14. The molecule has 0 aliphatic rings. The summed E-state index contributed by atoms with van der Waals surface area (Å²) in [5, 5.41) is 20.7. The van der Waals surface area contributed by atoms with Gasteiger partial charge in [-0.2, -0.15) is 0 Å². The van der Waals surface area contributed by atoms with E-state index in [1.54, 1.807) is 0 Å². The Kier molecular flexibility index (Phi) is 87.6. The molecular weight excluding hydrogens is 1510 g/mol. The van der Waals surface area contributed by atoms with Crippen LogP contribution in [0.5, 0.6) is 0 Å². The fourth-order valence-corrected chi connectivity index (χ4v) is 14.7. The molecule has 18 heteroatoms. The lowest BCUT2D eigenvalue weighted by Gasteiger charge is -2.21. The molecule has 0 spiro atoms. The summed E-state index contributed by atoms with van der Waals surface area (Å²) in [6.45, 7) is 2.57. The van der Waals surface area contributed by atoms with Crippen LogP contribution in [0.1, 0.15) is 419 Å². The third kappa shape index (κ3) is 92.3. The number of ether oxygens (including phenoxy) is 3.